The van der Waals surface area contributed by atoms with Gasteiger partial charge in [0.25, 0.3) is 0 Å². The van der Waals surface area contributed by atoms with Gasteiger partial charge in [-0.2, -0.15) is 0 Å². The average Bonchev–Trinajstić information content (AvgIpc) is 2.25. The molecule has 2 rings (SSSR count). The molecule has 0 aromatic heterocycles. The third-order valence-corrected chi connectivity index (χ3v) is 5.37. The topological polar surface area (TPSA) is 17.1 Å². The predicted molar refractivity (Wildman–Crippen MR) is 85.7 cm³/mol. The van der Waals surface area contributed by atoms with Crippen LogP contribution < -0.4 is 0 Å². The molecule has 0 heterocycles. The molecule has 0 aliphatic heterocycles. The van der Waals surface area contributed by atoms with Crippen LogP contribution in [0.1, 0.15) is 80.1 Å². The van der Waals surface area contributed by atoms with Gasteiger partial charge in [-0.1, -0.05) is 38.8 Å². The maximum atomic E-state index is 13.3. The Labute approximate surface area is 124 Å². The molecule has 2 aliphatic rings. The predicted octanol–water partition coefficient (Wildman–Crippen LogP) is 5.61. The van der Waals surface area contributed by atoms with Crippen molar-refractivity contribution in [3.8, 4) is 0 Å². The number of carbonyl (C=O) groups is 1. The SMILES string of the molecule is CC1=C(C(=O)C2=C(C)CCCC2(C)C)C(C)(C)CCC1. The summed E-state index contributed by atoms with van der Waals surface area (Å²) in [6, 6.07) is 0. The van der Waals surface area contributed by atoms with E-state index in [0.717, 1.165) is 36.8 Å². The van der Waals surface area contributed by atoms with E-state index in [-0.39, 0.29) is 10.8 Å². The Morgan fingerprint density at radius 3 is 1.45 bits per heavy atom. The Kier molecular flexibility index (Phi) is 4.01. The number of ketones is 1. The van der Waals surface area contributed by atoms with E-state index in [1.165, 1.54) is 24.0 Å². The first-order valence-corrected chi connectivity index (χ1v) is 8.12. The van der Waals surface area contributed by atoms with E-state index in [0.29, 0.717) is 5.78 Å². The zero-order chi connectivity index (χ0) is 15.1. The molecule has 0 amide bonds. The van der Waals surface area contributed by atoms with Gasteiger partial charge >= 0.3 is 0 Å². The molecule has 112 valence electrons. The van der Waals surface area contributed by atoms with Gasteiger partial charge in [0.15, 0.2) is 5.78 Å². The van der Waals surface area contributed by atoms with Gasteiger partial charge in [0.1, 0.15) is 0 Å². The van der Waals surface area contributed by atoms with Gasteiger partial charge in [0, 0.05) is 11.1 Å². The lowest BCUT2D eigenvalue weighted by atomic mass is 9.64. The highest BCUT2D eigenvalue weighted by Gasteiger charge is 2.40. The van der Waals surface area contributed by atoms with Gasteiger partial charge in [-0.15, -0.1) is 0 Å². The third kappa shape index (κ3) is 2.64. The van der Waals surface area contributed by atoms with E-state index in [2.05, 4.69) is 41.5 Å². The standard InChI is InChI=1S/C19H30O/c1-13-9-7-11-18(3,4)15(13)17(20)16-14(2)10-8-12-19(16,5)6/h7-12H2,1-6H3. The molecule has 0 unspecified atom stereocenters. The first-order valence-electron chi connectivity index (χ1n) is 8.12. The van der Waals surface area contributed by atoms with E-state index in [9.17, 15) is 4.79 Å². The smallest absolute Gasteiger partial charge is 0.185 e. The first kappa shape index (κ1) is 15.5. The number of Topliss-reactive ketones (excluding diaryl/α,β-unsaturated/α-hetero) is 1. The van der Waals surface area contributed by atoms with Gasteiger partial charge in [0.2, 0.25) is 0 Å². The van der Waals surface area contributed by atoms with Crippen molar-refractivity contribution < 1.29 is 4.79 Å². The molecule has 0 bridgehead atoms. The maximum absolute atomic E-state index is 13.3. The molecule has 20 heavy (non-hydrogen) atoms. The summed E-state index contributed by atoms with van der Waals surface area (Å²) in [5.41, 5.74) is 4.97. The fourth-order valence-corrected chi connectivity index (χ4v) is 4.37. The lowest BCUT2D eigenvalue weighted by molar-refractivity contribution is -0.114. The van der Waals surface area contributed by atoms with E-state index in [1.54, 1.807) is 0 Å². The highest BCUT2D eigenvalue weighted by molar-refractivity contribution is 6.11. The number of hydrogen-bond donors (Lipinski definition) is 0. The van der Waals surface area contributed by atoms with Crippen molar-refractivity contribution >= 4 is 5.78 Å². The van der Waals surface area contributed by atoms with Crippen molar-refractivity contribution in [1.82, 2.24) is 0 Å². The van der Waals surface area contributed by atoms with E-state index >= 15 is 0 Å². The molecular weight excluding hydrogens is 244 g/mol. The Balaban J connectivity index is 2.50. The second kappa shape index (κ2) is 5.16. The Hall–Kier alpha value is -0.850. The average molecular weight is 274 g/mol. The maximum Gasteiger partial charge on any atom is 0.185 e. The molecule has 0 spiro atoms. The van der Waals surface area contributed by atoms with Crippen LogP contribution in [0.3, 0.4) is 0 Å². The lowest BCUT2D eigenvalue weighted by Crippen LogP contribution is -2.33. The summed E-state index contributed by atoms with van der Waals surface area (Å²) in [6.45, 7) is 13.3. The summed E-state index contributed by atoms with van der Waals surface area (Å²) < 4.78 is 0. The minimum absolute atomic E-state index is 0.0419. The number of allylic oxidation sites excluding steroid dienone is 4. The van der Waals surface area contributed by atoms with Gasteiger partial charge in [-0.05, 0) is 63.2 Å². The zero-order valence-electron chi connectivity index (χ0n) is 14.2. The van der Waals surface area contributed by atoms with Crippen LogP contribution in [-0.2, 0) is 4.79 Å². The Bertz CT molecular complexity index is 442. The van der Waals surface area contributed by atoms with Crippen LogP contribution >= 0.6 is 0 Å². The summed E-state index contributed by atoms with van der Waals surface area (Å²) in [5, 5.41) is 0. The molecule has 1 nitrogen and oxygen atoms in total. The lowest BCUT2D eigenvalue weighted by Gasteiger charge is -2.39. The molecule has 0 fully saturated rings. The summed E-state index contributed by atoms with van der Waals surface area (Å²) in [7, 11) is 0. The van der Waals surface area contributed by atoms with Gasteiger partial charge in [-0.3, -0.25) is 4.79 Å². The van der Waals surface area contributed by atoms with Crippen LogP contribution in [0, 0.1) is 10.8 Å². The Morgan fingerprint density at radius 1 is 0.800 bits per heavy atom. The highest BCUT2D eigenvalue weighted by Crippen LogP contribution is 2.47. The summed E-state index contributed by atoms with van der Waals surface area (Å²) in [5.74, 6) is 0.356. The van der Waals surface area contributed by atoms with Crippen molar-refractivity contribution in [1.29, 1.82) is 0 Å². The molecule has 0 radical (unpaired) electrons. The summed E-state index contributed by atoms with van der Waals surface area (Å²) >= 11 is 0. The van der Waals surface area contributed by atoms with Crippen molar-refractivity contribution in [3.05, 3.63) is 22.3 Å². The fraction of sp³-hybridized carbons (Fsp3) is 0.737. The van der Waals surface area contributed by atoms with E-state index < -0.39 is 0 Å². The van der Waals surface area contributed by atoms with Crippen LogP contribution in [-0.4, -0.2) is 5.78 Å². The summed E-state index contributed by atoms with van der Waals surface area (Å²) in [4.78, 5) is 13.3. The van der Waals surface area contributed by atoms with Gasteiger partial charge < -0.3 is 0 Å². The van der Waals surface area contributed by atoms with Crippen molar-refractivity contribution in [2.45, 2.75) is 80.1 Å². The van der Waals surface area contributed by atoms with Gasteiger partial charge in [-0.25, -0.2) is 0 Å². The van der Waals surface area contributed by atoms with Crippen molar-refractivity contribution in [2.24, 2.45) is 10.8 Å². The van der Waals surface area contributed by atoms with Gasteiger partial charge in [0.05, 0.1) is 0 Å². The molecule has 0 aromatic carbocycles. The molecule has 1 heteroatoms. The molecule has 0 saturated carbocycles. The number of rotatable bonds is 2. The zero-order valence-corrected chi connectivity index (χ0v) is 14.2. The molecule has 0 atom stereocenters. The van der Waals surface area contributed by atoms with Crippen LogP contribution in [0.25, 0.3) is 0 Å². The normalized spacial score (nSPS) is 25.9. The Morgan fingerprint density at radius 2 is 1.15 bits per heavy atom. The highest BCUT2D eigenvalue weighted by atomic mass is 16.1. The second-order valence-electron chi connectivity index (χ2n) is 8.11. The van der Waals surface area contributed by atoms with Crippen molar-refractivity contribution in [2.75, 3.05) is 0 Å². The molecule has 0 aromatic rings. The fourth-order valence-electron chi connectivity index (χ4n) is 4.37. The third-order valence-electron chi connectivity index (χ3n) is 5.37. The number of carbonyl (C=O) groups excluding carboxylic acids is 1. The monoisotopic (exact) mass is 274 g/mol. The quantitative estimate of drug-likeness (QED) is 0.639. The van der Waals surface area contributed by atoms with Crippen LogP contribution in [0.2, 0.25) is 0 Å². The van der Waals surface area contributed by atoms with Crippen LogP contribution in [0.4, 0.5) is 0 Å². The molecule has 0 saturated heterocycles. The molecule has 0 N–H and O–H groups in total. The second-order valence-corrected chi connectivity index (χ2v) is 8.11. The van der Waals surface area contributed by atoms with Crippen molar-refractivity contribution in [3.63, 3.8) is 0 Å². The van der Waals surface area contributed by atoms with E-state index in [1.807, 2.05) is 0 Å². The van der Waals surface area contributed by atoms with Crippen LogP contribution in [0.15, 0.2) is 22.3 Å². The largest absolute Gasteiger partial charge is 0.289 e. The molecule has 2 aliphatic carbocycles. The first-order chi connectivity index (χ1) is 9.17. The van der Waals surface area contributed by atoms with Crippen LogP contribution in [0.5, 0.6) is 0 Å². The van der Waals surface area contributed by atoms with E-state index in [4.69, 9.17) is 0 Å². The number of hydrogen-bond acceptors (Lipinski definition) is 1. The summed E-state index contributed by atoms with van der Waals surface area (Å²) in [6.07, 6.45) is 6.90. The molecular formula is C19H30O. The minimum Gasteiger partial charge on any atom is -0.289 e. The minimum atomic E-state index is 0.0419.